The fourth-order valence-electron chi connectivity index (χ4n) is 5.05. The van der Waals surface area contributed by atoms with E-state index in [0.29, 0.717) is 50.4 Å². The average Bonchev–Trinajstić information content (AvgIpc) is 3.43. The Morgan fingerprint density at radius 1 is 0.974 bits per heavy atom. The third-order valence-electron chi connectivity index (χ3n) is 7.32. The van der Waals surface area contributed by atoms with Crippen molar-refractivity contribution in [3.05, 3.63) is 71.3 Å². The highest BCUT2D eigenvalue weighted by Gasteiger charge is 2.18. The van der Waals surface area contributed by atoms with Crippen LogP contribution in [0.2, 0.25) is 0 Å². The minimum absolute atomic E-state index is 0.0971. The summed E-state index contributed by atoms with van der Waals surface area (Å²) >= 11 is 0. The normalized spacial score (nSPS) is 15.7. The van der Waals surface area contributed by atoms with Crippen LogP contribution < -0.4 is 15.8 Å². The van der Waals surface area contributed by atoms with Gasteiger partial charge in [0.2, 0.25) is 0 Å². The lowest BCUT2D eigenvalue weighted by atomic mass is 9.89. The van der Waals surface area contributed by atoms with Crippen molar-refractivity contribution in [2.45, 2.75) is 82.8 Å². The number of aromatic hydroxyl groups is 1. The summed E-state index contributed by atoms with van der Waals surface area (Å²) in [6, 6.07) is 9.39. The largest absolute Gasteiger partial charge is 0.504 e. The molecule has 0 unspecified atom stereocenters. The molecular weight excluding hydrogens is 494 g/mol. The molecule has 8 N–H and O–H groups in total. The van der Waals surface area contributed by atoms with Gasteiger partial charge in [0.25, 0.3) is 0 Å². The van der Waals surface area contributed by atoms with Gasteiger partial charge in [-0.3, -0.25) is 0 Å². The zero-order valence-electron chi connectivity index (χ0n) is 23.0. The number of aryl methyl sites for hydroxylation is 1. The van der Waals surface area contributed by atoms with Gasteiger partial charge in [0.05, 0.1) is 24.6 Å². The van der Waals surface area contributed by atoms with Gasteiger partial charge in [-0.2, -0.15) is 0 Å². The van der Waals surface area contributed by atoms with Gasteiger partial charge < -0.3 is 41.2 Å². The summed E-state index contributed by atoms with van der Waals surface area (Å²) in [4.78, 5) is 3.28. The molecule has 0 spiro atoms. The van der Waals surface area contributed by atoms with Crippen LogP contribution >= 0.6 is 0 Å². The minimum Gasteiger partial charge on any atom is -0.504 e. The average molecular weight is 542 g/mol. The molecule has 8 heteroatoms. The number of ether oxygens (including phenoxy) is 1. The van der Waals surface area contributed by atoms with Crippen LogP contribution in [0.3, 0.4) is 0 Å². The second-order valence-corrected chi connectivity index (χ2v) is 10.6. The Hall–Kier alpha value is -2.94. The first-order valence-electron chi connectivity index (χ1n) is 14.4. The molecule has 2 heterocycles. The van der Waals surface area contributed by atoms with E-state index in [-0.39, 0.29) is 18.3 Å². The highest BCUT2D eigenvalue weighted by molar-refractivity contribution is 5.42. The van der Waals surface area contributed by atoms with E-state index >= 15 is 0 Å². The molecule has 1 aromatic heterocycles. The van der Waals surface area contributed by atoms with Crippen molar-refractivity contribution in [2.75, 3.05) is 19.8 Å². The molecule has 8 nitrogen and oxygen atoms in total. The fourth-order valence-corrected chi connectivity index (χ4v) is 5.05. The third kappa shape index (κ3) is 11.4. The number of rotatable bonds is 19. The number of aliphatic hydroxyl groups is 3. The number of benzene rings is 1. The fraction of sp³-hybridized carbons (Fsp3) is 0.548. The van der Waals surface area contributed by atoms with E-state index < -0.39 is 12.2 Å². The predicted molar refractivity (Wildman–Crippen MR) is 154 cm³/mol. The molecule has 1 aliphatic rings. The van der Waals surface area contributed by atoms with Crippen molar-refractivity contribution in [3.8, 4) is 11.5 Å². The van der Waals surface area contributed by atoms with E-state index in [4.69, 9.17) is 15.6 Å². The third-order valence-corrected chi connectivity index (χ3v) is 7.32. The van der Waals surface area contributed by atoms with E-state index in [1.807, 2.05) is 30.5 Å². The van der Waals surface area contributed by atoms with Crippen LogP contribution in [0.5, 0.6) is 11.5 Å². The number of nitrogens with two attached hydrogens (primary N) is 1. The smallest absolute Gasteiger partial charge is 0.161 e. The molecule has 0 radical (unpaired) electrons. The van der Waals surface area contributed by atoms with Gasteiger partial charge in [0.1, 0.15) is 0 Å². The number of aliphatic hydroxyl groups excluding tert-OH is 3. The topological polar surface area (TPSA) is 144 Å². The van der Waals surface area contributed by atoms with Crippen molar-refractivity contribution >= 4 is 0 Å². The number of phenols is 1. The number of aromatic amines is 1. The maximum atomic E-state index is 10.4. The molecule has 0 saturated heterocycles. The summed E-state index contributed by atoms with van der Waals surface area (Å²) in [5.74, 6) is 1.42. The maximum absolute atomic E-state index is 10.4. The van der Waals surface area contributed by atoms with Crippen LogP contribution in [-0.2, 0) is 12.8 Å². The Morgan fingerprint density at radius 3 is 2.54 bits per heavy atom. The lowest BCUT2D eigenvalue weighted by molar-refractivity contribution is 0.0697. The Kier molecular flexibility index (Phi) is 13.3. The van der Waals surface area contributed by atoms with Crippen LogP contribution in [0.15, 0.2) is 60.1 Å². The molecule has 216 valence electrons. The summed E-state index contributed by atoms with van der Waals surface area (Å²) in [6.45, 7) is 1.38. The number of H-pyrrole nitrogens is 1. The molecule has 1 aromatic carbocycles. The van der Waals surface area contributed by atoms with E-state index in [2.05, 4.69) is 22.4 Å². The monoisotopic (exact) mass is 541 g/mol. The molecule has 0 saturated carbocycles. The van der Waals surface area contributed by atoms with Gasteiger partial charge >= 0.3 is 0 Å². The number of hydrogen-bond acceptors (Lipinski definition) is 7. The molecule has 0 amide bonds. The van der Waals surface area contributed by atoms with Crippen molar-refractivity contribution in [3.63, 3.8) is 0 Å². The number of nitrogens with one attached hydrogen (secondary N) is 2. The highest BCUT2D eigenvalue weighted by Crippen LogP contribution is 2.29. The number of hydrogen-bond donors (Lipinski definition) is 7. The van der Waals surface area contributed by atoms with Crippen molar-refractivity contribution in [1.29, 1.82) is 0 Å². The molecule has 39 heavy (non-hydrogen) atoms. The highest BCUT2D eigenvalue weighted by atomic mass is 16.5. The molecule has 3 rings (SSSR count). The Balaban J connectivity index is 1.45. The number of phenolic OH excluding ortho intramolecular Hbond substituents is 1. The van der Waals surface area contributed by atoms with Gasteiger partial charge in [-0.1, -0.05) is 37.8 Å². The lowest BCUT2D eigenvalue weighted by Gasteiger charge is -2.22. The lowest BCUT2D eigenvalue weighted by Crippen LogP contribution is -2.25. The quantitative estimate of drug-likeness (QED) is 0.133. The van der Waals surface area contributed by atoms with E-state index in [0.717, 1.165) is 56.2 Å². The summed E-state index contributed by atoms with van der Waals surface area (Å²) in [7, 11) is 0. The standard InChI is InChI=1S/C31H47N3O5/c32-31-21-24(13-16-34-31)25(20-26-7-6-15-33-26)14-18-39-30-19-23(10-12-29(30)38)9-11-28(37)22-27(36)8-4-2-1-3-5-17-35/h6-7,10,12-13,15,19,21,25,27-28,33-38H,1-5,8-9,11,14,16-18,20,22,32H2/t25-,27+,28-/m1/s1. The molecule has 3 atom stereocenters. The Bertz CT molecular complexity index is 1020. The van der Waals surface area contributed by atoms with Crippen LogP contribution in [-0.4, -0.2) is 57.4 Å². The van der Waals surface area contributed by atoms with E-state index in [9.17, 15) is 15.3 Å². The molecule has 0 bridgehead atoms. The Labute approximate surface area is 232 Å². The predicted octanol–water partition coefficient (Wildman–Crippen LogP) is 4.06. The summed E-state index contributed by atoms with van der Waals surface area (Å²) in [5.41, 5.74) is 9.31. The van der Waals surface area contributed by atoms with Gasteiger partial charge in [0.15, 0.2) is 11.5 Å². The zero-order valence-corrected chi connectivity index (χ0v) is 23.0. The summed E-state index contributed by atoms with van der Waals surface area (Å²) < 4.78 is 6.02. The molecule has 0 fully saturated rings. The second kappa shape index (κ2) is 16.9. The van der Waals surface area contributed by atoms with Crippen molar-refractivity contribution in [2.24, 2.45) is 11.7 Å². The molecule has 1 aliphatic heterocycles. The van der Waals surface area contributed by atoms with Gasteiger partial charge in [-0.15, -0.1) is 0 Å². The van der Waals surface area contributed by atoms with Crippen LogP contribution in [0.1, 0.15) is 69.0 Å². The molecule has 0 aliphatic carbocycles. The first-order chi connectivity index (χ1) is 18.9. The van der Waals surface area contributed by atoms with Crippen LogP contribution in [0, 0.1) is 5.92 Å². The van der Waals surface area contributed by atoms with E-state index in [1.54, 1.807) is 6.07 Å². The van der Waals surface area contributed by atoms with Gasteiger partial charge in [-0.05, 0) is 92.3 Å². The summed E-state index contributed by atoms with van der Waals surface area (Å²) in [5, 5.41) is 43.0. The molecule has 2 aromatic rings. The van der Waals surface area contributed by atoms with Gasteiger partial charge in [0, 0.05) is 25.0 Å². The maximum Gasteiger partial charge on any atom is 0.161 e. The van der Waals surface area contributed by atoms with Gasteiger partial charge in [-0.25, -0.2) is 0 Å². The Morgan fingerprint density at radius 2 is 1.77 bits per heavy atom. The SMILES string of the molecule is NC1=CC([C@H](CCOc2cc(CC[C@@H](O)C[C@@H](O)CCCCCCCO)ccc2O)Cc2ccc[nH]2)=CCN1. The number of allylic oxidation sites excluding steroid dienone is 2. The second-order valence-electron chi connectivity index (χ2n) is 10.6. The van der Waals surface area contributed by atoms with Crippen molar-refractivity contribution in [1.82, 2.24) is 10.3 Å². The minimum atomic E-state index is -0.583. The molecular formula is C31H47N3O5. The summed E-state index contributed by atoms with van der Waals surface area (Å²) in [6.07, 6.45) is 13.7. The van der Waals surface area contributed by atoms with Crippen molar-refractivity contribution < 1.29 is 25.2 Å². The number of unbranched alkanes of at least 4 members (excludes halogenated alkanes) is 4. The number of aromatic nitrogens is 1. The van der Waals surface area contributed by atoms with E-state index in [1.165, 1.54) is 5.57 Å². The zero-order chi connectivity index (χ0) is 27.9. The number of dihydropyridines is 1. The first-order valence-corrected chi connectivity index (χ1v) is 14.4. The first kappa shape index (κ1) is 30.6. The van der Waals surface area contributed by atoms with Crippen LogP contribution in [0.25, 0.3) is 0 Å². The van der Waals surface area contributed by atoms with Crippen LogP contribution in [0.4, 0.5) is 0 Å².